The van der Waals surface area contributed by atoms with Crippen LogP contribution in [0.5, 0.6) is 0 Å². The van der Waals surface area contributed by atoms with Crippen LogP contribution < -0.4 is 0 Å². The van der Waals surface area contributed by atoms with Gasteiger partial charge in [-0.15, -0.1) is 0 Å². The summed E-state index contributed by atoms with van der Waals surface area (Å²) < 4.78 is 0.578. The number of carbonyl (C=O) groups is 2. The Balaban J connectivity index is 2.68. The van der Waals surface area contributed by atoms with Crippen molar-refractivity contribution >= 4 is 45.4 Å². The number of ketones is 2. The zero-order chi connectivity index (χ0) is 7.78. The van der Waals surface area contributed by atoms with Crippen molar-refractivity contribution < 1.29 is 9.59 Å². The first-order valence-electron chi connectivity index (χ1n) is 2.71. The van der Waals surface area contributed by atoms with E-state index in [2.05, 4.69) is 0 Å². The predicted molar refractivity (Wildman–Crippen MR) is 41.7 cm³/mol. The molecule has 58 valence electrons. The minimum absolute atomic E-state index is 0.0487. The van der Waals surface area contributed by atoms with Crippen LogP contribution in [-0.4, -0.2) is 27.5 Å². The number of rotatable bonds is 0. The van der Waals surface area contributed by atoms with Crippen LogP contribution in [0.15, 0.2) is 0 Å². The van der Waals surface area contributed by atoms with Gasteiger partial charge in [-0.1, -0.05) is 0 Å². The fourth-order valence-electron chi connectivity index (χ4n) is 0.844. The van der Waals surface area contributed by atoms with Crippen molar-refractivity contribution in [3.05, 3.63) is 0 Å². The van der Waals surface area contributed by atoms with Gasteiger partial charge in [0.05, 0.1) is 0 Å². The van der Waals surface area contributed by atoms with Crippen molar-refractivity contribution in [1.29, 1.82) is 0 Å². The van der Waals surface area contributed by atoms with Gasteiger partial charge in [0.2, 0.25) is 0 Å². The van der Waals surface area contributed by atoms with Gasteiger partial charge in [0.15, 0.2) is 0 Å². The standard InChI is InChI=1S/C5H6Cl2O2Te/c6-10(7)2-4(8)1-5(9)3-10/h1-3H2. The van der Waals surface area contributed by atoms with Gasteiger partial charge < -0.3 is 0 Å². The molecule has 1 saturated heterocycles. The Morgan fingerprint density at radius 3 is 1.80 bits per heavy atom. The van der Waals surface area contributed by atoms with Crippen LogP contribution in [0.2, 0.25) is 8.94 Å². The molecule has 1 aliphatic rings. The zero-order valence-electron chi connectivity index (χ0n) is 5.10. The Morgan fingerprint density at radius 1 is 1.10 bits per heavy atom. The Labute approximate surface area is 70.2 Å². The summed E-state index contributed by atoms with van der Waals surface area (Å²) in [6.07, 6.45) is 0.0487. The van der Waals surface area contributed by atoms with Crippen molar-refractivity contribution in [1.82, 2.24) is 0 Å². The average molecular weight is 297 g/mol. The summed E-state index contributed by atoms with van der Waals surface area (Å²) in [5.41, 5.74) is 0. The quantitative estimate of drug-likeness (QED) is 0.501. The van der Waals surface area contributed by atoms with E-state index in [1.54, 1.807) is 0 Å². The molecule has 0 aliphatic carbocycles. The summed E-state index contributed by atoms with van der Waals surface area (Å²) >= 11 is -2.96. The second-order valence-corrected chi connectivity index (χ2v) is 16.9. The molecule has 1 heterocycles. The van der Waals surface area contributed by atoms with Crippen LogP contribution in [0.1, 0.15) is 6.42 Å². The molecule has 0 atom stereocenters. The van der Waals surface area contributed by atoms with E-state index in [-0.39, 0.29) is 26.9 Å². The van der Waals surface area contributed by atoms with Gasteiger partial charge in [0.25, 0.3) is 0 Å². The fraction of sp³-hybridized carbons (Fsp3) is 0.600. The molecule has 0 aromatic heterocycles. The number of hydrogen-bond acceptors (Lipinski definition) is 2. The molecule has 5 heteroatoms. The van der Waals surface area contributed by atoms with E-state index >= 15 is 0 Å². The summed E-state index contributed by atoms with van der Waals surface area (Å²) in [6, 6.07) is 0. The van der Waals surface area contributed by atoms with Crippen molar-refractivity contribution in [2.45, 2.75) is 15.4 Å². The van der Waals surface area contributed by atoms with Crippen LogP contribution in [0, 0.1) is 0 Å². The second-order valence-electron chi connectivity index (χ2n) is 2.24. The summed E-state index contributed by atoms with van der Waals surface area (Å²) in [5, 5.41) is 0. The van der Waals surface area contributed by atoms with E-state index in [0.717, 1.165) is 0 Å². The molecule has 0 aromatic carbocycles. The maximum atomic E-state index is 10.7. The van der Waals surface area contributed by atoms with Gasteiger partial charge in [-0.05, 0) is 0 Å². The van der Waals surface area contributed by atoms with Crippen molar-refractivity contribution in [2.24, 2.45) is 0 Å². The molecule has 0 aromatic rings. The van der Waals surface area contributed by atoms with E-state index in [4.69, 9.17) is 17.9 Å². The Bertz CT molecular complexity index is 172. The normalized spacial score (nSPS) is 28.2. The van der Waals surface area contributed by atoms with E-state index in [9.17, 15) is 9.59 Å². The van der Waals surface area contributed by atoms with Gasteiger partial charge in [0, 0.05) is 0 Å². The molecular weight excluding hydrogens is 291 g/mol. The SMILES string of the molecule is O=C1CC(=O)C[Te](Cl)(Cl)C1. The topological polar surface area (TPSA) is 34.1 Å². The Kier molecular flexibility index (Phi) is 2.63. The molecule has 1 aliphatic heterocycles. The average Bonchev–Trinajstić information content (AvgIpc) is 1.54. The summed E-state index contributed by atoms with van der Waals surface area (Å²) in [6.45, 7) is 0. The van der Waals surface area contributed by atoms with Crippen molar-refractivity contribution in [2.75, 3.05) is 0 Å². The molecule has 0 amide bonds. The molecule has 10 heavy (non-hydrogen) atoms. The summed E-state index contributed by atoms with van der Waals surface area (Å²) in [7, 11) is 11.6. The summed E-state index contributed by atoms with van der Waals surface area (Å²) in [4.78, 5) is 21.5. The third-order valence-corrected chi connectivity index (χ3v) is 8.32. The molecule has 2 nitrogen and oxygen atoms in total. The molecule has 0 bridgehead atoms. The molecule has 1 fully saturated rings. The molecule has 0 radical (unpaired) electrons. The Morgan fingerprint density at radius 2 is 1.50 bits per heavy atom. The van der Waals surface area contributed by atoms with E-state index in [1.165, 1.54) is 0 Å². The van der Waals surface area contributed by atoms with Crippen LogP contribution in [0.3, 0.4) is 0 Å². The van der Waals surface area contributed by atoms with Crippen LogP contribution in [0.4, 0.5) is 0 Å². The third-order valence-electron chi connectivity index (χ3n) is 1.14. The molecule has 0 spiro atoms. The molecular formula is C5H6Cl2O2Te. The Hall–Kier alpha value is 0.710. The second kappa shape index (κ2) is 2.98. The van der Waals surface area contributed by atoms with Gasteiger partial charge in [-0.2, -0.15) is 0 Å². The minimum atomic E-state index is -2.96. The molecule has 1 rings (SSSR count). The van der Waals surface area contributed by atoms with Crippen molar-refractivity contribution in [3.63, 3.8) is 0 Å². The number of carbonyl (C=O) groups excluding carboxylic acids is 2. The van der Waals surface area contributed by atoms with E-state index < -0.39 is 15.9 Å². The first-order chi connectivity index (χ1) is 4.49. The first kappa shape index (κ1) is 8.80. The first-order valence-corrected chi connectivity index (χ1v) is 11.9. The van der Waals surface area contributed by atoms with Gasteiger partial charge >= 0.3 is 70.4 Å². The van der Waals surface area contributed by atoms with Crippen molar-refractivity contribution in [3.8, 4) is 0 Å². The molecule has 0 N–H and O–H groups in total. The van der Waals surface area contributed by atoms with E-state index in [0.29, 0.717) is 0 Å². The fourth-order valence-corrected chi connectivity index (χ4v) is 7.67. The maximum absolute atomic E-state index is 10.7. The molecule has 0 unspecified atom stereocenters. The number of Topliss-reactive ketones (excluding diaryl/α,β-unsaturated/α-hetero) is 2. The van der Waals surface area contributed by atoms with Crippen LogP contribution >= 0.6 is 17.9 Å². The van der Waals surface area contributed by atoms with Gasteiger partial charge in [-0.25, -0.2) is 0 Å². The monoisotopic (exact) mass is 298 g/mol. The van der Waals surface area contributed by atoms with Gasteiger partial charge in [-0.3, -0.25) is 0 Å². The zero-order valence-corrected chi connectivity index (χ0v) is 8.94. The van der Waals surface area contributed by atoms with Crippen LogP contribution in [0.25, 0.3) is 0 Å². The van der Waals surface area contributed by atoms with Gasteiger partial charge in [0.1, 0.15) is 0 Å². The number of halogens is 2. The van der Waals surface area contributed by atoms with Crippen LogP contribution in [-0.2, 0) is 9.59 Å². The molecule has 0 saturated carbocycles. The summed E-state index contributed by atoms with van der Waals surface area (Å²) in [5.74, 6) is -0.162. The predicted octanol–water partition coefficient (Wildman–Crippen LogP) is 1.45. The third kappa shape index (κ3) is 2.39. The van der Waals surface area contributed by atoms with E-state index in [1.807, 2.05) is 0 Å². The number of hydrogen-bond donors (Lipinski definition) is 0.